The van der Waals surface area contributed by atoms with Crippen molar-refractivity contribution in [2.24, 2.45) is 0 Å². The molecule has 1 atom stereocenters. The Hall–Kier alpha value is -1.09. The molecule has 1 rings (SSSR count). The number of unbranched alkanes of at least 4 members (excludes halogenated alkanes) is 1. The van der Waals surface area contributed by atoms with E-state index in [-0.39, 0.29) is 11.9 Å². The molecule has 0 aliphatic rings. The molecule has 1 unspecified atom stereocenters. The van der Waals surface area contributed by atoms with Gasteiger partial charge >= 0.3 is 0 Å². The van der Waals surface area contributed by atoms with E-state index in [1.807, 2.05) is 24.1 Å². The summed E-state index contributed by atoms with van der Waals surface area (Å²) in [6, 6.07) is 5.73. The van der Waals surface area contributed by atoms with E-state index in [0.717, 1.165) is 31.5 Å². The molecule has 1 aromatic rings. The molecule has 18 heavy (non-hydrogen) atoms. The number of hydrogen-bond acceptors (Lipinski definition) is 2. The van der Waals surface area contributed by atoms with Crippen molar-refractivity contribution in [1.82, 2.24) is 5.32 Å². The van der Waals surface area contributed by atoms with E-state index in [4.69, 9.17) is 0 Å². The summed E-state index contributed by atoms with van der Waals surface area (Å²) in [6.45, 7) is 8.04. The Kier molecular flexibility index (Phi) is 6.13. The lowest BCUT2D eigenvalue weighted by Gasteiger charge is -2.21. The summed E-state index contributed by atoms with van der Waals surface area (Å²) < 4.78 is 14.1. The fraction of sp³-hybridized carbons (Fsp3) is 0.600. The second-order valence-electron chi connectivity index (χ2n) is 4.77. The zero-order chi connectivity index (χ0) is 13.5. The standard InChI is InChI=1S/C15H25FN2/c1-5-7-10-18(4)15-9-8-13(11-14(15)16)12(3)17-6-2/h8-9,11-12,17H,5-7,10H2,1-4H3. The Morgan fingerprint density at radius 2 is 2.06 bits per heavy atom. The highest BCUT2D eigenvalue weighted by Crippen LogP contribution is 2.23. The molecule has 0 aromatic heterocycles. The second-order valence-corrected chi connectivity index (χ2v) is 4.77. The minimum atomic E-state index is -0.129. The third-order valence-corrected chi connectivity index (χ3v) is 3.24. The predicted octanol–water partition coefficient (Wildman–Crippen LogP) is 3.73. The van der Waals surface area contributed by atoms with Crippen LogP contribution in [0.2, 0.25) is 0 Å². The first kappa shape index (κ1) is 15.0. The number of halogens is 1. The van der Waals surface area contributed by atoms with E-state index < -0.39 is 0 Å². The van der Waals surface area contributed by atoms with Gasteiger partial charge in [0, 0.05) is 19.6 Å². The van der Waals surface area contributed by atoms with Crippen LogP contribution >= 0.6 is 0 Å². The number of rotatable bonds is 7. The van der Waals surface area contributed by atoms with Gasteiger partial charge in [0.05, 0.1) is 5.69 Å². The van der Waals surface area contributed by atoms with E-state index in [2.05, 4.69) is 26.1 Å². The van der Waals surface area contributed by atoms with Gasteiger partial charge in [0.25, 0.3) is 0 Å². The second kappa shape index (κ2) is 7.37. The van der Waals surface area contributed by atoms with Crippen molar-refractivity contribution in [2.45, 2.75) is 39.7 Å². The van der Waals surface area contributed by atoms with Gasteiger partial charge in [-0.1, -0.05) is 26.3 Å². The highest BCUT2D eigenvalue weighted by molar-refractivity contribution is 5.48. The van der Waals surface area contributed by atoms with Crippen molar-refractivity contribution in [3.63, 3.8) is 0 Å². The summed E-state index contributed by atoms with van der Waals surface area (Å²) in [4.78, 5) is 1.99. The lowest BCUT2D eigenvalue weighted by Crippen LogP contribution is -2.21. The van der Waals surface area contributed by atoms with Gasteiger partial charge in [-0.2, -0.15) is 0 Å². The number of benzene rings is 1. The number of hydrogen-bond donors (Lipinski definition) is 1. The van der Waals surface area contributed by atoms with Crippen LogP contribution in [0.25, 0.3) is 0 Å². The molecule has 0 heterocycles. The smallest absolute Gasteiger partial charge is 0.146 e. The zero-order valence-corrected chi connectivity index (χ0v) is 12.0. The lowest BCUT2D eigenvalue weighted by atomic mass is 10.1. The molecule has 1 N–H and O–H groups in total. The van der Waals surface area contributed by atoms with Crippen molar-refractivity contribution >= 4 is 5.69 Å². The molecule has 0 radical (unpaired) electrons. The van der Waals surface area contributed by atoms with Crippen LogP contribution in [0.4, 0.5) is 10.1 Å². The number of anilines is 1. The van der Waals surface area contributed by atoms with Gasteiger partial charge < -0.3 is 10.2 Å². The van der Waals surface area contributed by atoms with Crippen LogP contribution in [0.3, 0.4) is 0 Å². The Bertz CT molecular complexity index is 366. The molecular formula is C15H25FN2. The lowest BCUT2D eigenvalue weighted by molar-refractivity contribution is 0.581. The van der Waals surface area contributed by atoms with Crippen LogP contribution in [0, 0.1) is 5.82 Å². The van der Waals surface area contributed by atoms with Crippen LogP contribution in [0.5, 0.6) is 0 Å². The summed E-state index contributed by atoms with van der Waals surface area (Å²) in [5.41, 5.74) is 1.69. The third kappa shape index (κ3) is 3.98. The third-order valence-electron chi connectivity index (χ3n) is 3.24. The SMILES string of the molecule is CCCCN(C)c1ccc(C(C)NCC)cc1F. The van der Waals surface area contributed by atoms with E-state index in [9.17, 15) is 4.39 Å². The fourth-order valence-corrected chi connectivity index (χ4v) is 2.04. The molecule has 0 saturated carbocycles. The molecule has 102 valence electrons. The van der Waals surface area contributed by atoms with Gasteiger partial charge in [0.2, 0.25) is 0 Å². The van der Waals surface area contributed by atoms with Gasteiger partial charge in [0.1, 0.15) is 5.82 Å². The normalized spacial score (nSPS) is 12.5. The first-order valence-electron chi connectivity index (χ1n) is 6.84. The largest absolute Gasteiger partial charge is 0.372 e. The summed E-state index contributed by atoms with van der Waals surface area (Å²) in [5, 5.41) is 3.29. The van der Waals surface area contributed by atoms with Crippen LogP contribution in [0.15, 0.2) is 18.2 Å². The van der Waals surface area contributed by atoms with Gasteiger partial charge in [0.15, 0.2) is 0 Å². The molecule has 0 fully saturated rings. The predicted molar refractivity (Wildman–Crippen MR) is 76.7 cm³/mol. The van der Waals surface area contributed by atoms with E-state index in [0.29, 0.717) is 5.69 Å². The Morgan fingerprint density at radius 1 is 1.33 bits per heavy atom. The highest BCUT2D eigenvalue weighted by atomic mass is 19.1. The van der Waals surface area contributed by atoms with Crippen molar-refractivity contribution in [2.75, 3.05) is 25.0 Å². The average Bonchev–Trinajstić information content (AvgIpc) is 2.36. The average molecular weight is 252 g/mol. The zero-order valence-electron chi connectivity index (χ0n) is 12.0. The van der Waals surface area contributed by atoms with Gasteiger partial charge in [-0.15, -0.1) is 0 Å². The molecule has 0 aliphatic carbocycles. The Morgan fingerprint density at radius 3 is 2.61 bits per heavy atom. The minimum absolute atomic E-state index is 0.129. The summed E-state index contributed by atoms with van der Waals surface area (Å²) in [7, 11) is 1.95. The molecule has 3 heteroatoms. The van der Waals surface area contributed by atoms with Gasteiger partial charge in [-0.25, -0.2) is 4.39 Å². The van der Waals surface area contributed by atoms with E-state index in [1.54, 1.807) is 6.07 Å². The van der Waals surface area contributed by atoms with Crippen LogP contribution < -0.4 is 10.2 Å². The topological polar surface area (TPSA) is 15.3 Å². The van der Waals surface area contributed by atoms with Gasteiger partial charge in [-0.3, -0.25) is 0 Å². The van der Waals surface area contributed by atoms with Crippen molar-refractivity contribution < 1.29 is 4.39 Å². The highest BCUT2D eigenvalue weighted by Gasteiger charge is 2.10. The molecular weight excluding hydrogens is 227 g/mol. The van der Waals surface area contributed by atoms with E-state index in [1.165, 1.54) is 0 Å². The van der Waals surface area contributed by atoms with Crippen LogP contribution in [-0.4, -0.2) is 20.1 Å². The Labute approximate surface area is 110 Å². The molecule has 0 aliphatic heterocycles. The molecule has 2 nitrogen and oxygen atoms in total. The number of nitrogens with one attached hydrogen (secondary N) is 1. The monoisotopic (exact) mass is 252 g/mol. The van der Waals surface area contributed by atoms with Gasteiger partial charge in [-0.05, 0) is 37.6 Å². The van der Waals surface area contributed by atoms with Crippen molar-refractivity contribution in [3.8, 4) is 0 Å². The minimum Gasteiger partial charge on any atom is -0.372 e. The number of nitrogens with zero attached hydrogens (tertiary/aromatic N) is 1. The molecule has 0 bridgehead atoms. The maximum absolute atomic E-state index is 14.1. The first-order chi connectivity index (χ1) is 8.60. The maximum Gasteiger partial charge on any atom is 0.146 e. The van der Waals surface area contributed by atoms with Crippen LogP contribution in [0.1, 0.15) is 45.2 Å². The molecule has 0 amide bonds. The van der Waals surface area contributed by atoms with Crippen molar-refractivity contribution in [1.29, 1.82) is 0 Å². The summed E-state index contributed by atoms with van der Waals surface area (Å²) in [6.07, 6.45) is 2.22. The van der Waals surface area contributed by atoms with Crippen LogP contribution in [-0.2, 0) is 0 Å². The van der Waals surface area contributed by atoms with E-state index >= 15 is 0 Å². The Balaban J connectivity index is 2.78. The molecule has 1 aromatic carbocycles. The summed E-state index contributed by atoms with van der Waals surface area (Å²) >= 11 is 0. The first-order valence-corrected chi connectivity index (χ1v) is 6.84. The maximum atomic E-state index is 14.1. The van der Waals surface area contributed by atoms with Crippen molar-refractivity contribution in [3.05, 3.63) is 29.6 Å². The quantitative estimate of drug-likeness (QED) is 0.795. The fourth-order valence-electron chi connectivity index (χ4n) is 2.04. The summed E-state index contributed by atoms with van der Waals surface area (Å²) in [5.74, 6) is -0.129. The molecule has 0 saturated heterocycles. The molecule has 0 spiro atoms.